The predicted octanol–water partition coefficient (Wildman–Crippen LogP) is 3.41. The molecule has 0 aromatic heterocycles. The number of hydrogen-bond donors (Lipinski definition) is 0. The maximum atomic E-state index is 5.48. The van der Waals surface area contributed by atoms with Gasteiger partial charge in [-0.05, 0) is 37.0 Å². The van der Waals surface area contributed by atoms with Crippen LogP contribution in [0, 0.1) is 11.3 Å². The summed E-state index contributed by atoms with van der Waals surface area (Å²) < 4.78 is 6.83. The molecule has 1 aliphatic heterocycles. The van der Waals surface area contributed by atoms with Gasteiger partial charge in [0.1, 0.15) is 0 Å². The van der Waals surface area contributed by atoms with Gasteiger partial charge in [0.15, 0.2) is 0 Å². The Labute approximate surface area is 94.8 Å². The third-order valence-electron chi connectivity index (χ3n) is 3.98. The molecule has 0 unspecified atom stereocenters. The molecule has 0 bridgehead atoms. The van der Waals surface area contributed by atoms with E-state index in [1.54, 1.807) is 0 Å². The molecule has 13 heavy (non-hydrogen) atoms. The molecular weight excluding hydrogens is 275 g/mol. The molecule has 0 amide bonds. The molecule has 2 aliphatic rings. The van der Waals surface area contributed by atoms with Crippen molar-refractivity contribution in [2.75, 3.05) is 17.6 Å². The van der Waals surface area contributed by atoms with E-state index < -0.39 is 0 Å². The highest BCUT2D eigenvalue weighted by atomic mass is 127. The molecule has 0 radical (unpaired) electrons. The van der Waals surface area contributed by atoms with Crippen LogP contribution in [0.4, 0.5) is 0 Å². The van der Waals surface area contributed by atoms with Gasteiger partial charge < -0.3 is 4.74 Å². The predicted molar refractivity (Wildman–Crippen MR) is 63.3 cm³/mol. The van der Waals surface area contributed by atoms with Crippen LogP contribution in [0.25, 0.3) is 0 Å². The highest BCUT2D eigenvalue weighted by molar-refractivity contribution is 14.1. The van der Waals surface area contributed by atoms with Crippen LogP contribution in [-0.4, -0.2) is 17.6 Å². The molecule has 2 fully saturated rings. The highest BCUT2D eigenvalue weighted by Gasteiger charge is 2.40. The van der Waals surface area contributed by atoms with Gasteiger partial charge in [0.2, 0.25) is 0 Å². The van der Waals surface area contributed by atoms with E-state index in [0.29, 0.717) is 5.41 Å². The number of hydrogen-bond acceptors (Lipinski definition) is 1. The summed E-state index contributed by atoms with van der Waals surface area (Å²) in [6.45, 7) is 2.03. The third kappa shape index (κ3) is 2.04. The van der Waals surface area contributed by atoms with E-state index in [4.69, 9.17) is 4.74 Å². The van der Waals surface area contributed by atoms with E-state index in [0.717, 1.165) is 19.1 Å². The first-order valence-corrected chi connectivity index (χ1v) is 7.04. The summed E-state index contributed by atoms with van der Waals surface area (Å²) in [5.41, 5.74) is 0.662. The van der Waals surface area contributed by atoms with Crippen molar-refractivity contribution in [3.05, 3.63) is 0 Å². The Kier molecular flexibility index (Phi) is 3.52. The lowest BCUT2D eigenvalue weighted by Crippen LogP contribution is -2.37. The molecule has 0 aromatic carbocycles. The fourth-order valence-corrected chi connectivity index (χ4v) is 4.35. The Balaban J connectivity index is 2.03. The Morgan fingerprint density at radius 3 is 2.31 bits per heavy atom. The lowest BCUT2D eigenvalue weighted by Gasteiger charge is -2.41. The fourth-order valence-electron chi connectivity index (χ4n) is 2.97. The quantitative estimate of drug-likeness (QED) is 0.560. The van der Waals surface area contributed by atoms with Crippen molar-refractivity contribution in [1.29, 1.82) is 0 Å². The van der Waals surface area contributed by atoms with Gasteiger partial charge in [0, 0.05) is 17.6 Å². The van der Waals surface area contributed by atoms with Crippen LogP contribution in [0.3, 0.4) is 0 Å². The average molecular weight is 294 g/mol. The first-order chi connectivity index (χ1) is 6.37. The van der Waals surface area contributed by atoms with Crippen molar-refractivity contribution < 1.29 is 4.74 Å². The molecule has 1 saturated carbocycles. The van der Waals surface area contributed by atoms with Crippen LogP contribution >= 0.6 is 22.6 Å². The Morgan fingerprint density at radius 2 is 1.77 bits per heavy atom. The Morgan fingerprint density at radius 1 is 1.15 bits per heavy atom. The van der Waals surface area contributed by atoms with Gasteiger partial charge in [-0.15, -0.1) is 0 Å². The minimum atomic E-state index is 0.662. The summed E-state index contributed by atoms with van der Waals surface area (Å²) >= 11 is 2.59. The zero-order chi connectivity index (χ0) is 9.15. The SMILES string of the molecule is ICC1(C2CCCC2)CCOCC1. The molecule has 1 nitrogen and oxygen atoms in total. The minimum absolute atomic E-state index is 0.662. The van der Waals surface area contributed by atoms with E-state index in [2.05, 4.69) is 22.6 Å². The summed E-state index contributed by atoms with van der Waals surface area (Å²) in [6, 6.07) is 0. The first-order valence-electron chi connectivity index (χ1n) is 5.51. The van der Waals surface area contributed by atoms with Gasteiger partial charge in [-0.1, -0.05) is 35.4 Å². The van der Waals surface area contributed by atoms with Crippen molar-refractivity contribution >= 4 is 22.6 Å². The standard InChI is InChI=1S/C11H19IO/c12-9-11(5-7-13-8-6-11)10-3-1-2-4-10/h10H,1-9H2. The van der Waals surface area contributed by atoms with E-state index in [-0.39, 0.29) is 0 Å². The molecule has 1 heterocycles. The summed E-state index contributed by atoms with van der Waals surface area (Å²) in [4.78, 5) is 0. The Hall–Kier alpha value is 0.690. The number of ether oxygens (including phenoxy) is 1. The molecule has 0 atom stereocenters. The molecule has 1 saturated heterocycles. The highest BCUT2D eigenvalue weighted by Crippen LogP contribution is 2.47. The summed E-state index contributed by atoms with van der Waals surface area (Å²) in [6.07, 6.45) is 8.57. The van der Waals surface area contributed by atoms with Crippen LogP contribution in [0.1, 0.15) is 38.5 Å². The van der Waals surface area contributed by atoms with Crippen molar-refractivity contribution in [2.24, 2.45) is 11.3 Å². The largest absolute Gasteiger partial charge is 0.381 e. The van der Waals surface area contributed by atoms with E-state index in [1.165, 1.54) is 43.0 Å². The molecule has 0 N–H and O–H groups in total. The summed E-state index contributed by atoms with van der Waals surface area (Å²) in [5.74, 6) is 1.02. The van der Waals surface area contributed by atoms with Crippen molar-refractivity contribution in [3.63, 3.8) is 0 Å². The second kappa shape index (κ2) is 4.47. The minimum Gasteiger partial charge on any atom is -0.381 e. The van der Waals surface area contributed by atoms with E-state index in [1.807, 2.05) is 0 Å². The topological polar surface area (TPSA) is 9.23 Å². The molecule has 0 aromatic rings. The summed E-state index contributed by atoms with van der Waals surface area (Å²) in [5, 5.41) is 0. The third-order valence-corrected chi connectivity index (χ3v) is 5.50. The molecule has 2 rings (SSSR count). The van der Waals surface area contributed by atoms with Gasteiger partial charge in [-0.3, -0.25) is 0 Å². The van der Waals surface area contributed by atoms with E-state index in [9.17, 15) is 0 Å². The van der Waals surface area contributed by atoms with Gasteiger partial charge in [0.25, 0.3) is 0 Å². The van der Waals surface area contributed by atoms with Crippen LogP contribution in [0.2, 0.25) is 0 Å². The average Bonchev–Trinajstić information content (AvgIpc) is 2.72. The van der Waals surface area contributed by atoms with Crippen LogP contribution in [0.5, 0.6) is 0 Å². The lowest BCUT2D eigenvalue weighted by atomic mass is 9.71. The first kappa shape index (κ1) is 10.2. The second-order valence-electron chi connectivity index (χ2n) is 4.59. The van der Waals surface area contributed by atoms with Crippen molar-refractivity contribution in [3.8, 4) is 0 Å². The number of alkyl halides is 1. The van der Waals surface area contributed by atoms with Crippen molar-refractivity contribution in [1.82, 2.24) is 0 Å². The molecular formula is C11H19IO. The summed E-state index contributed by atoms with van der Waals surface area (Å²) in [7, 11) is 0. The van der Waals surface area contributed by atoms with E-state index >= 15 is 0 Å². The maximum Gasteiger partial charge on any atom is 0.0471 e. The van der Waals surface area contributed by atoms with Gasteiger partial charge >= 0.3 is 0 Å². The second-order valence-corrected chi connectivity index (χ2v) is 5.35. The smallest absolute Gasteiger partial charge is 0.0471 e. The number of rotatable bonds is 2. The van der Waals surface area contributed by atoms with Gasteiger partial charge in [-0.25, -0.2) is 0 Å². The van der Waals surface area contributed by atoms with Gasteiger partial charge in [0.05, 0.1) is 0 Å². The molecule has 0 spiro atoms. The maximum absolute atomic E-state index is 5.48. The van der Waals surface area contributed by atoms with Gasteiger partial charge in [-0.2, -0.15) is 0 Å². The molecule has 2 heteroatoms. The van der Waals surface area contributed by atoms with Crippen LogP contribution in [0.15, 0.2) is 0 Å². The Bertz CT molecular complexity index is 157. The molecule has 1 aliphatic carbocycles. The fraction of sp³-hybridized carbons (Fsp3) is 1.00. The monoisotopic (exact) mass is 294 g/mol. The lowest BCUT2D eigenvalue weighted by molar-refractivity contribution is -0.00177. The van der Waals surface area contributed by atoms with Crippen LogP contribution < -0.4 is 0 Å². The molecule has 76 valence electrons. The normalized spacial score (nSPS) is 29.3. The van der Waals surface area contributed by atoms with Crippen molar-refractivity contribution in [2.45, 2.75) is 38.5 Å². The zero-order valence-corrected chi connectivity index (χ0v) is 10.4. The van der Waals surface area contributed by atoms with Crippen LogP contribution in [-0.2, 0) is 4.74 Å². The zero-order valence-electron chi connectivity index (χ0n) is 8.23. The number of halogens is 1.